The Bertz CT molecular complexity index is 945. The number of ether oxygens (including phenoxy) is 1. The molecule has 1 aliphatic rings. The number of carbonyl (C=O) groups is 2. The molecule has 1 fully saturated rings. The summed E-state index contributed by atoms with van der Waals surface area (Å²) in [7, 11) is 0. The molecule has 1 aliphatic heterocycles. The topological polar surface area (TPSA) is 70.7 Å². The molecule has 30 heavy (non-hydrogen) atoms. The van der Waals surface area contributed by atoms with Crippen LogP contribution in [0.25, 0.3) is 0 Å². The van der Waals surface area contributed by atoms with E-state index in [9.17, 15) is 9.59 Å². The summed E-state index contributed by atoms with van der Waals surface area (Å²) in [6, 6.07) is 12.4. The average molecular weight is 490 g/mol. The summed E-state index contributed by atoms with van der Waals surface area (Å²) in [6.45, 7) is 4.10. The van der Waals surface area contributed by atoms with Crippen LogP contribution in [-0.4, -0.2) is 41.5 Å². The van der Waals surface area contributed by atoms with Crippen LogP contribution in [-0.2, 0) is 0 Å². The van der Waals surface area contributed by atoms with Gasteiger partial charge in [0.2, 0.25) is 0 Å². The highest BCUT2D eigenvalue weighted by molar-refractivity contribution is 9.10. The third-order valence-electron chi connectivity index (χ3n) is 4.64. The van der Waals surface area contributed by atoms with Gasteiger partial charge in [-0.1, -0.05) is 28.9 Å². The first-order valence-electron chi connectivity index (χ1n) is 9.92. The Morgan fingerprint density at radius 3 is 2.67 bits per heavy atom. The Morgan fingerprint density at radius 2 is 1.93 bits per heavy atom. The lowest BCUT2D eigenvalue weighted by molar-refractivity contribution is 0.0792. The van der Waals surface area contributed by atoms with E-state index in [1.807, 2.05) is 17.9 Å². The quantitative estimate of drug-likeness (QED) is 0.580. The minimum absolute atomic E-state index is 0.0120. The number of hydrogen-bond donors (Lipinski definition) is 2. The lowest BCUT2D eigenvalue weighted by Crippen LogP contribution is -2.34. The SMILES string of the molecule is CCCOc1ccc(Br)cc1C(=O)NC(=S)Nc1cccc(C(=O)N2CCCC2)c1. The number of benzene rings is 2. The standard InChI is InChI=1S/C22H24BrN3O3S/c1-2-12-29-19-9-8-16(23)14-18(19)20(27)25-22(30)24-17-7-5-6-15(13-17)21(28)26-10-3-4-11-26/h5-9,13-14H,2-4,10-12H2,1H3,(H2,24,25,27,30). The molecular weight excluding hydrogens is 466 g/mol. The summed E-state index contributed by atoms with van der Waals surface area (Å²) in [5.74, 6) is 0.140. The van der Waals surface area contributed by atoms with E-state index in [2.05, 4.69) is 26.6 Å². The molecular formula is C22H24BrN3O3S. The van der Waals surface area contributed by atoms with Gasteiger partial charge in [-0.25, -0.2) is 0 Å². The van der Waals surface area contributed by atoms with Crippen molar-refractivity contribution in [3.8, 4) is 5.75 Å². The maximum absolute atomic E-state index is 12.7. The van der Waals surface area contributed by atoms with Crippen LogP contribution < -0.4 is 15.4 Å². The minimum Gasteiger partial charge on any atom is -0.493 e. The lowest BCUT2D eigenvalue weighted by atomic mass is 10.1. The van der Waals surface area contributed by atoms with Crippen molar-refractivity contribution in [2.24, 2.45) is 0 Å². The summed E-state index contributed by atoms with van der Waals surface area (Å²) >= 11 is 8.68. The van der Waals surface area contributed by atoms with E-state index in [4.69, 9.17) is 17.0 Å². The molecule has 2 amide bonds. The van der Waals surface area contributed by atoms with Gasteiger partial charge in [-0.05, 0) is 67.9 Å². The molecule has 0 aromatic heterocycles. The van der Waals surface area contributed by atoms with Gasteiger partial charge in [0.15, 0.2) is 5.11 Å². The normalized spacial score (nSPS) is 13.1. The van der Waals surface area contributed by atoms with Gasteiger partial charge in [0.05, 0.1) is 12.2 Å². The van der Waals surface area contributed by atoms with Crippen LogP contribution in [0.3, 0.4) is 0 Å². The smallest absolute Gasteiger partial charge is 0.261 e. The van der Waals surface area contributed by atoms with Crippen molar-refractivity contribution in [3.63, 3.8) is 0 Å². The molecule has 2 aromatic carbocycles. The van der Waals surface area contributed by atoms with Gasteiger partial charge in [0.1, 0.15) is 5.75 Å². The number of rotatable bonds is 6. The number of thiocarbonyl (C=S) groups is 1. The molecule has 158 valence electrons. The van der Waals surface area contributed by atoms with Crippen LogP contribution in [0, 0.1) is 0 Å². The lowest BCUT2D eigenvalue weighted by Gasteiger charge is -2.16. The molecule has 3 rings (SSSR count). The number of nitrogens with one attached hydrogen (secondary N) is 2. The van der Waals surface area contributed by atoms with Gasteiger partial charge in [-0.2, -0.15) is 0 Å². The first-order valence-corrected chi connectivity index (χ1v) is 11.1. The largest absolute Gasteiger partial charge is 0.493 e. The minimum atomic E-state index is -0.371. The van der Waals surface area contributed by atoms with Gasteiger partial charge >= 0.3 is 0 Å². The van der Waals surface area contributed by atoms with Crippen LogP contribution in [0.4, 0.5) is 5.69 Å². The van der Waals surface area contributed by atoms with Crippen LogP contribution in [0.2, 0.25) is 0 Å². The van der Waals surface area contributed by atoms with Crippen molar-refractivity contribution in [3.05, 3.63) is 58.1 Å². The highest BCUT2D eigenvalue weighted by Crippen LogP contribution is 2.23. The average Bonchev–Trinajstić information content (AvgIpc) is 3.27. The van der Waals surface area contributed by atoms with E-state index >= 15 is 0 Å². The van der Waals surface area contributed by atoms with E-state index in [0.717, 1.165) is 36.8 Å². The maximum Gasteiger partial charge on any atom is 0.261 e. The first kappa shape index (κ1) is 22.2. The number of hydrogen-bond acceptors (Lipinski definition) is 4. The van der Waals surface area contributed by atoms with E-state index in [0.29, 0.717) is 29.2 Å². The zero-order valence-corrected chi connectivity index (χ0v) is 19.1. The van der Waals surface area contributed by atoms with Crippen molar-refractivity contribution >= 4 is 50.8 Å². The molecule has 0 bridgehead atoms. The third-order valence-corrected chi connectivity index (χ3v) is 5.33. The fourth-order valence-corrected chi connectivity index (χ4v) is 3.75. The molecule has 6 nitrogen and oxygen atoms in total. The van der Waals surface area contributed by atoms with E-state index in [1.165, 1.54) is 0 Å². The van der Waals surface area contributed by atoms with Crippen LogP contribution in [0.1, 0.15) is 46.9 Å². The Labute approximate surface area is 190 Å². The Balaban J connectivity index is 1.66. The van der Waals surface area contributed by atoms with Gasteiger partial charge in [-0.15, -0.1) is 0 Å². The molecule has 1 heterocycles. The summed E-state index contributed by atoms with van der Waals surface area (Å²) in [5.41, 5.74) is 1.63. The summed E-state index contributed by atoms with van der Waals surface area (Å²) in [5, 5.41) is 5.81. The number of carbonyl (C=O) groups excluding carboxylic acids is 2. The highest BCUT2D eigenvalue weighted by Gasteiger charge is 2.20. The van der Waals surface area contributed by atoms with Crippen LogP contribution in [0.15, 0.2) is 46.9 Å². The highest BCUT2D eigenvalue weighted by atomic mass is 79.9. The second-order valence-corrected chi connectivity index (χ2v) is 8.30. The third kappa shape index (κ3) is 5.79. The predicted molar refractivity (Wildman–Crippen MR) is 125 cm³/mol. The van der Waals surface area contributed by atoms with E-state index in [-0.39, 0.29) is 16.9 Å². The molecule has 0 saturated carbocycles. The Morgan fingerprint density at radius 1 is 1.17 bits per heavy atom. The fourth-order valence-electron chi connectivity index (χ4n) is 3.18. The molecule has 1 saturated heterocycles. The predicted octanol–water partition coefficient (Wildman–Crippen LogP) is 4.60. The van der Waals surface area contributed by atoms with Crippen LogP contribution in [0.5, 0.6) is 5.75 Å². The van der Waals surface area contributed by atoms with E-state index < -0.39 is 0 Å². The number of nitrogens with zero attached hydrogens (tertiary/aromatic N) is 1. The Hall–Kier alpha value is -2.45. The summed E-state index contributed by atoms with van der Waals surface area (Å²) in [6.07, 6.45) is 2.92. The second kappa shape index (κ2) is 10.5. The van der Waals surface area contributed by atoms with Crippen molar-refractivity contribution < 1.29 is 14.3 Å². The maximum atomic E-state index is 12.7. The van der Waals surface area contributed by atoms with Gasteiger partial charge in [0.25, 0.3) is 11.8 Å². The molecule has 0 spiro atoms. The zero-order chi connectivity index (χ0) is 21.5. The molecule has 0 aliphatic carbocycles. The van der Waals surface area contributed by atoms with Crippen molar-refractivity contribution in [2.45, 2.75) is 26.2 Å². The van der Waals surface area contributed by atoms with Gasteiger partial charge < -0.3 is 15.0 Å². The molecule has 0 atom stereocenters. The first-order chi connectivity index (χ1) is 14.5. The van der Waals surface area contributed by atoms with Gasteiger partial charge in [-0.3, -0.25) is 14.9 Å². The molecule has 2 aromatic rings. The molecule has 0 radical (unpaired) electrons. The van der Waals surface area contributed by atoms with Crippen molar-refractivity contribution in [2.75, 3.05) is 25.0 Å². The van der Waals surface area contributed by atoms with Crippen LogP contribution >= 0.6 is 28.1 Å². The number of anilines is 1. The van der Waals surface area contributed by atoms with Crippen molar-refractivity contribution in [1.29, 1.82) is 0 Å². The number of amides is 2. The second-order valence-electron chi connectivity index (χ2n) is 6.98. The van der Waals surface area contributed by atoms with Gasteiger partial charge in [0, 0.05) is 28.8 Å². The summed E-state index contributed by atoms with van der Waals surface area (Å²) in [4.78, 5) is 27.2. The fraction of sp³-hybridized carbons (Fsp3) is 0.318. The molecule has 0 unspecified atom stereocenters. The Kier molecular flexibility index (Phi) is 7.81. The van der Waals surface area contributed by atoms with E-state index in [1.54, 1.807) is 36.4 Å². The zero-order valence-electron chi connectivity index (χ0n) is 16.7. The number of halogens is 1. The monoisotopic (exact) mass is 489 g/mol. The number of likely N-dealkylation sites (tertiary alicyclic amines) is 1. The summed E-state index contributed by atoms with van der Waals surface area (Å²) < 4.78 is 6.43. The molecule has 8 heteroatoms. The van der Waals surface area contributed by atoms with Crippen molar-refractivity contribution in [1.82, 2.24) is 10.2 Å². The molecule has 2 N–H and O–H groups in total.